The number of hydrazine groups is 1. The summed E-state index contributed by atoms with van der Waals surface area (Å²) >= 11 is 3.37. The van der Waals surface area contributed by atoms with Crippen LogP contribution in [-0.2, 0) is 14.3 Å². The average Bonchev–Trinajstić information content (AvgIpc) is 2.72. The standard InChI is InChI=1S/C22H24BrN3O5/c1-4-30-22(29)16-5-8-18(9-6-16)24-20(27)12-15(3)25-26-21(28)13-31-19-10-7-17(23)11-14(19)2/h5-11,25H,3-4,12-13H2,1-2H3,(H,24,27)(H,26,28). The molecular weight excluding hydrogens is 466 g/mol. The monoisotopic (exact) mass is 489 g/mol. The molecule has 0 bridgehead atoms. The molecule has 0 fully saturated rings. The van der Waals surface area contributed by atoms with E-state index in [1.165, 1.54) is 0 Å². The minimum atomic E-state index is -0.423. The van der Waals surface area contributed by atoms with E-state index in [4.69, 9.17) is 9.47 Å². The van der Waals surface area contributed by atoms with Gasteiger partial charge in [-0.1, -0.05) is 22.5 Å². The van der Waals surface area contributed by atoms with Crippen LogP contribution in [-0.4, -0.2) is 31.0 Å². The zero-order chi connectivity index (χ0) is 22.8. The molecule has 0 aromatic heterocycles. The molecule has 0 atom stereocenters. The Labute approximate surface area is 189 Å². The second-order valence-electron chi connectivity index (χ2n) is 6.50. The molecule has 2 rings (SSSR count). The number of aryl methyl sites for hydroxylation is 1. The van der Waals surface area contributed by atoms with E-state index in [0.29, 0.717) is 29.3 Å². The summed E-state index contributed by atoms with van der Waals surface area (Å²) in [6.45, 7) is 7.42. The first-order valence-corrected chi connectivity index (χ1v) is 10.3. The summed E-state index contributed by atoms with van der Waals surface area (Å²) in [6, 6.07) is 11.8. The van der Waals surface area contributed by atoms with Crippen molar-refractivity contribution in [2.75, 3.05) is 18.5 Å². The number of hydrogen-bond donors (Lipinski definition) is 3. The van der Waals surface area contributed by atoms with Gasteiger partial charge in [0.1, 0.15) is 5.75 Å². The van der Waals surface area contributed by atoms with Gasteiger partial charge in [0, 0.05) is 15.9 Å². The molecule has 0 spiro atoms. The van der Waals surface area contributed by atoms with Crippen molar-refractivity contribution in [1.29, 1.82) is 0 Å². The van der Waals surface area contributed by atoms with Crippen LogP contribution in [0.1, 0.15) is 29.3 Å². The molecule has 0 aliphatic rings. The number of nitrogens with one attached hydrogen (secondary N) is 3. The van der Waals surface area contributed by atoms with Crippen LogP contribution in [0.2, 0.25) is 0 Å². The van der Waals surface area contributed by atoms with Crippen molar-refractivity contribution in [1.82, 2.24) is 10.9 Å². The largest absolute Gasteiger partial charge is 0.483 e. The third-order valence-corrected chi connectivity index (χ3v) is 4.42. The number of esters is 1. The van der Waals surface area contributed by atoms with Crippen LogP contribution in [0.25, 0.3) is 0 Å². The van der Waals surface area contributed by atoms with Crippen LogP contribution in [0, 0.1) is 6.92 Å². The maximum atomic E-state index is 12.1. The van der Waals surface area contributed by atoms with Crippen molar-refractivity contribution in [3.63, 3.8) is 0 Å². The molecule has 2 aromatic carbocycles. The van der Waals surface area contributed by atoms with Crippen LogP contribution in [0.15, 0.2) is 59.2 Å². The number of amides is 2. The predicted octanol–water partition coefficient (Wildman–Crippen LogP) is 3.48. The summed E-state index contributed by atoms with van der Waals surface area (Å²) in [5.74, 6) is -0.575. The molecule has 31 heavy (non-hydrogen) atoms. The fourth-order valence-corrected chi connectivity index (χ4v) is 2.94. The minimum absolute atomic E-state index is 0.0629. The van der Waals surface area contributed by atoms with Crippen molar-refractivity contribution < 1.29 is 23.9 Å². The minimum Gasteiger partial charge on any atom is -0.483 e. The molecule has 8 nitrogen and oxygen atoms in total. The summed E-state index contributed by atoms with van der Waals surface area (Å²) in [4.78, 5) is 35.7. The molecule has 0 unspecified atom stereocenters. The van der Waals surface area contributed by atoms with Crippen LogP contribution in [0.5, 0.6) is 5.75 Å². The Bertz CT molecular complexity index is 960. The molecule has 0 radical (unpaired) electrons. The third kappa shape index (κ3) is 8.13. The SMILES string of the molecule is C=C(CC(=O)Nc1ccc(C(=O)OCC)cc1)NNC(=O)COc1ccc(Br)cc1C. The number of rotatable bonds is 10. The van der Waals surface area contributed by atoms with E-state index in [-0.39, 0.29) is 18.9 Å². The van der Waals surface area contributed by atoms with Crippen LogP contribution in [0.4, 0.5) is 5.69 Å². The quantitative estimate of drug-likeness (QED) is 0.348. The summed E-state index contributed by atoms with van der Waals surface area (Å²) in [7, 11) is 0. The molecule has 2 aromatic rings. The molecule has 9 heteroatoms. The number of ether oxygens (including phenoxy) is 2. The average molecular weight is 490 g/mol. The van der Waals surface area contributed by atoms with Crippen molar-refractivity contribution >= 4 is 39.4 Å². The number of anilines is 1. The van der Waals surface area contributed by atoms with E-state index < -0.39 is 11.9 Å². The van der Waals surface area contributed by atoms with Crippen molar-refractivity contribution in [3.8, 4) is 5.75 Å². The van der Waals surface area contributed by atoms with Gasteiger partial charge in [-0.25, -0.2) is 4.79 Å². The molecule has 0 saturated heterocycles. The maximum absolute atomic E-state index is 12.1. The third-order valence-electron chi connectivity index (χ3n) is 3.93. The first-order chi connectivity index (χ1) is 14.8. The van der Waals surface area contributed by atoms with E-state index in [0.717, 1.165) is 10.0 Å². The number of halogens is 1. The molecule has 3 N–H and O–H groups in total. The Hall–Kier alpha value is -3.33. The van der Waals surface area contributed by atoms with Crippen molar-refractivity contribution in [2.45, 2.75) is 20.3 Å². The van der Waals surface area contributed by atoms with Crippen molar-refractivity contribution in [3.05, 3.63) is 70.3 Å². The molecular formula is C22H24BrN3O5. The normalized spacial score (nSPS) is 10.0. The fraction of sp³-hybridized carbons (Fsp3) is 0.227. The maximum Gasteiger partial charge on any atom is 0.338 e. The van der Waals surface area contributed by atoms with Gasteiger partial charge in [0.15, 0.2) is 6.61 Å². The first-order valence-electron chi connectivity index (χ1n) is 9.47. The lowest BCUT2D eigenvalue weighted by molar-refractivity contribution is -0.124. The lowest BCUT2D eigenvalue weighted by atomic mass is 10.2. The topological polar surface area (TPSA) is 106 Å². The Morgan fingerprint density at radius 3 is 2.39 bits per heavy atom. The second-order valence-corrected chi connectivity index (χ2v) is 7.41. The van der Waals surface area contributed by atoms with Gasteiger partial charge in [-0.3, -0.25) is 15.0 Å². The number of carbonyl (C=O) groups is 3. The van der Waals surface area contributed by atoms with E-state index in [2.05, 4.69) is 38.7 Å². The van der Waals surface area contributed by atoms with Gasteiger partial charge in [-0.15, -0.1) is 0 Å². The zero-order valence-electron chi connectivity index (χ0n) is 17.3. The van der Waals surface area contributed by atoms with Gasteiger partial charge < -0.3 is 20.2 Å². The van der Waals surface area contributed by atoms with Crippen LogP contribution >= 0.6 is 15.9 Å². The molecule has 0 aliphatic heterocycles. The van der Waals surface area contributed by atoms with E-state index in [1.54, 1.807) is 37.3 Å². The summed E-state index contributed by atoms with van der Waals surface area (Å²) in [5, 5.41) is 2.68. The molecule has 0 heterocycles. The van der Waals surface area contributed by atoms with E-state index in [9.17, 15) is 14.4 Å². The Kier molecular flexibility index (Phi) is 9.08. The van der Waals surface area contributed by atoms with Gasteiger partial charge in [0.2, 0.25) is 5.91 Å². The zero-order valence-corrected chi connectivity index (χ0v) is 18.9. The van der Waals surface area contributed by atoms with Gasteiger partial charge in [-0.05, 0) is 61.9 Å². The Morgan fingerprint density at radius 2 is 1.74 bits per heavy atom. The molecule has 0 aliphatic carbocycles. The second kappa shape index (κ2) is 11.8. The summed E-state index contributed by atoms with van der Waals surface area (Å²) in [5.41, 5.74) is 7.14. The molecule has 0 saturated carbocycles. The van der Waals surface area contributed by atoms with E-state index in [1.807, 2.05) is 19.1 Å². The highest BCUT2D eigenvalue weighted by atomic mass is 79.9. The van der Waals surface area contributed by atoms with Crippen LogP contribution in [0.3, 0.4) is 0 Å². The highest BCUT2D eigenvalue weighted by molar-refractivity contribution is 9.10. The molecule has 2 amide bonds. The number of carbonyl (C=O) groups excluding carboxylic acids is 3. The lowest BCUT2D eigenvalue weighted by Crippen LogP contribution is -2.40. The summed E-state index contributed by atoms with van der Waals surface area (Å²) < 4.78 is 11.3. The highest BCUT2D eigenvalue weighted by Gasteiger charge is 2.10. The number of hydrogen-bond acceptors (Lipinski definition) is 6. The predicted molar refractivity (Wildman–Crippen MR) is 120 cm³/mol. The first kappa shape index (κ1) is 23.9. The van der Waals surface area contributed by atoms with Gasteiger partial charge in [0.25, 0.3) is 5.91 Å². The fourth-order valence-electron chi connectivity index (χ4n) is 2.46. The van der Waals surface area contributed by atoms with Crippen LogP contribution < -0.4 is 20.9 Å². The highest BCUT2D eigenvalue weighted by Crippen LogP contribution is 2.21. The summed E-state index contributed by atoms with van der Waals surface area (Å²) in [6.07, 6.45) is -0.0629. The van der Waals surface area contributed by atoms with Gasteiger partial charge in [-0.2, -0.15) is 0 Å². The van der Waals surface area contributed by atoms with E-state index >= 15 is 0 Å². The smallest absolute Gasteiger partial charge is 0.338 e. The Morgan fingerprint density at radius 1 is 1.03 bits per heavy atom. The lowest BCUT2D eigenvalue weighted by Gasteiger charge is -2.13. The van der Waals surface area contributed by atoms with Gasteiger partial charge in [0.05, 0.1) is 18.6 Å². The number of benzene rings is 2. The molecule has 164 valence electrons. The Balaban J connectivity index is 1.72. The van der Waals surface area contributed by atoms with Crippen molar-refractivity contribution in [2.24, 2.45) is 0 Å². The van der Waals surface area contributed by atoms with Gasteiger partial charge >= 0.3 is 5.97 Å².